The van der Waals surface area contributed by atoms with Crippen molar-refractivity contribution in [2.24, 2.45) is 5.73 Å². The van der Waals surface area contributed by atoms with Gasteiger partial charge in [-0.1, -0.05) is 18.2 Å². The Morgan fingerprint density at radius 2 is 1.86 bits per heavy atom. The van der Waals surface area contributed by atoms with Gasteiger partial charge < -0.3 is 20.1 Å². The summed E-state index contributed by atoms with van der Waals surface area (Å²) in [5.41, 5.74) is 8.87. The molecule has 148 valence electrons. The molecule has 4 N–H and O–H groups in total. The molecule has 1 aliphatic heterocycles. The molecular weight excluding hydrogens is 362 g/mol. The van der Waals surface area contributed by atoms with Gasteiger partial charge in [0.1, 0.15) is 11.5 Å². The van der Waals surface area contributed by atoms with Gasteiger partial charge in [0.05, 0.1) is 19.3 Å². The first kappa shape index (κ1) is 19.8. The van der Waals surface area contributed by atoms with Gasteiger partial charge in [-0.25, -0.2) is 5.48 Å². The van der Waals surface area contributed by atoms with Crippen LogP contribution in [0.15, 0.2) is 48.5 Å². The van der Waals surface area contributed by atoms with E-state index in [4.69, 9.17) is 20.4 Å². The number of nitrogens with one attached hydrogen (secondary N) is 1. The number of hydrogen-bond acceptors (Lipinski definition) is 6. The monoisotopic (exact) mass is 385 g/mol. The van der Waals surface area contributed by atoms with Crippen molar-refractivity contribution in [2.75, 3.05) is 26.3 Å². The average Bonchev–Trinajstić information content (AvgIpc) is 2.74. The van der Waals surface area contributed by atoms with Crippen LogP contribution in [0.1, 0.15) is 15.9 Å². The van der Waals surface area contributed by atoms with Gasteiger partial charge in [0, 0.05) is 18.7 Å². The van der Waals surface area contributed by atoms with E-state index in [0.717, 1.165) is 5.56 Å². The first-order valence-corrected chi connectivity index (χ1v) is 9.00. The molecule has 2 amide bonds. The van der Waals surface area contributed by atoms with E-state index in [0.29, 0.717) is 44.2 Å². The van der Waals surface area contributed by atoms with Crippen molar-refractivity contribution < 1.29 is 24.3 Å². The Bertz CT molecular complexity index is 819. The molecule has 1 aliphatic rings. The maximum atomic E-state index is 12.4. The SMILES string of the molecule is NC(Cc1ccc(Oc2cccc(C(=O)NO)c2)cc1)C(=O)N1CCOCC1. The lowest BCUT2D eigenvalue weighted by atomic mass is 10.1. The molecule has 0 radical (unpaired) electrons. The van der Waals surface area contributed by atoms with Crippen LogP contribution in [0.25, 0.3) is 0 Å². The van der Waals surface area contributed by atoms with Gasteiger partial charge in [-0.2, -0.15) is 0 Å². The number of benzene rings is 2. The summed E-state index contributed by atoms with van der Waals surface area (Å²) in [6.45, 7) is 2.25. The van der Waals surface area contributed by atoms with Crippen LogP contribution in [0.5, 0.6) is 11.5 Å². The van der Waals surface area contributed by atoms with Gasteiger partial charge in [0.15, 0.2) is 0 Å². The molecule has 0 saturated carbocycles. The summed E-state index contributed by atoms with van der Waals surface area (Å²) in [6, 6.07) is 13.1. The van der Waals surface area contributed by atoms with Crippen LogP contribution < -0.4 is 16.0 Å². The number of morpholine rings is 1. The third kappa shape index (κ3) is 5.07. The number of carbonyl (C=O) groups is 2. The fraction of sp³-hybridized carbons (Fsp3) is 0.300. The second kappa shape index (κ2) is 9.32. The lowest BCUT2D eigenvalue weighted by molar-refractivity contribution is -0.136. The Balaban J connectivity index is 1.59. The second-order valence-electron chi connectivity index (χ2n) is 6.46. The third-order valence-electron chi connectivity index (χ3n) is 4.45. The number of carbonyl (C=O) groups excluding carboxylic acids is 2. The van der Waals surface area contributed by atoms with Crippen molar-refractivity contribution in [1.82, 2.24) is 10.4 Å². The Morgan fingerprint density at radius 3 is 2.54 bits per heavy atom. The Kier molecular flexibility index (Phi) is 6.59. The summed E-state index contributed by atoms with van der Waals surface area (Å²) in [4.78, 5) is 25.6. The Labute approximate surface area is 162 Å². The summed E-state index contributed by atoms with van der Waals surface area (Å²) < 4.78 is 11.0. The largest absolute Gasteiger partial charge is 0.457 e. The van der Waals surface area contributed by atoms with Crippen LogP contribution >= 0.6 is 0 Å². The van der Waals surface area contributed by atoms with Crippen LogP contribution in [0.4, 0.5) is 0 Å². The zero-order valence-electron chi connectivity index (χ0n) is 15.3. The lowest BCUT2D eigenvalue weighted by Gasteiger charge is -2.29. The van der Waals surface area contributed by atoms with Crippen LogP contribution in [0.2, 0.25) is 0 Å². The van der Waals surface area contributed by atoms with Gasteiger partial charge in [-0.3, -0.25) is 14.8 Å². The molecule has 8 heteroatoms. The van der Waals surface area contributed by atoms with Crippen molar-refractivity contribution in [3.05, 3.63) is 59.7 Å². The molecule has 0 spiro atoms. The minimum atomic E-state index is -0.611. The van der Waals surface area contributed by atoms with E-state index in [2.05, 4.69) is 0 Å². The van der Waals surface area contributed by atoms with Crippen LogP contribution in [0, 0.1) is 0 Å². The number of ether oxygens (including phenoxy) is 2. The normalized spacial score (nSPS) is 15.0. The fourth-order valence-electron chi connectivity index (χ4n) is 2.95. The first-order valence-electron chi connectivity index (χ1n) is 9.00. The van der Waals surface area contributed by atoms with Gasteiger partial charge in [-0.15, -0.1) is 0 Å². The molecule has 2 aromatic rings. The van der Waals surface area contributed by atoms with Crippen molar-refractivity contribution in [3.8, 4) is 11.5 Å². The van der Waals surface area contributed by atoms with E-state index in [1.165, 1.54) is 6.07 Å². The number of amides is 2. The van der Waals surface area contributed by atoms with E-state index in [9.17, 15) is 9.59 Å². The van der Waals surface area contributed by atoms with E-state index in [1.807, 2.05) is 12.1 Å². The Hall–Kier alpha value is -2.94. The topological polar surface area (TPSA) is 114 Å². The molecular formula is C20H23N3O5. The highest BCUT2D eigenvalue weighted by Crippen LogP contribution is 2.23. The quantitative estimate of drug-likeness (QED) is 0.511. The molecule has 0 aliphatic carbocycles. The van der Waals surface area contributed by atoms with Crippen molar-refractivity contribution >= 4 is 11.8 Å². The molecule has 1 atom stereocenters. The van der Waals surface area contributed by atoms with Gasteiger partial charge in [0.25, 0.3) is 5.91 Å². The minimum absolute atomic E-state index is 0.0670. The molecule has 2 aromatic carbocycles. The molecule has 1 unspecified atom stereocenters. The minimum Gasteiger partial charge on any atom is -0.457 e. The molecule has 1 fully saturated rings. The molecule has 28 heavy (non-hydrogen) atoms. The highest BCUT2D eigenvalue weighted by molar-refractivity contribution is 5.93. The highest BCUT2D eigenvalue weighted by Gasteiger charge is 2.23. The fourth-order valence-corrected chi connectivity index (χ4v) is 2.95. The number of nitrogens with two attached hydrogens (primary N) is 1. The predicted octanol–water partition coefficient (Wildman–Crippen LogP) is 1.33. The number of nitrogens with zero attached hydrogens (tertiary/aromatic N) is 1. The van der Waals surface area contributed by atoms with E-state index < -0.39 is 11.9 Å². The molecule has 0 aromatic heterocycles. The first-order chi connectivity index (χ1) is 13.6. The molecule has 3 rings (SSSR count). The molecule has 8 nitrogen and oxygen atoms in total. The zero-order chi connectivity index (χ0) is 19.9. The molecule has 1 heterocycles. The maximum absolute atomic E-state index is 12.4. The zero-order valence-corrected chi connectivity index (χ0v) is 15.3. The van der Waals surface area contributed by atoms with Crippen LogP contribution in [-0.4, -0.2) is 54.3 Å². The van der Waals surface area contributed by atoms with Crippen LogP contribution in [0.3, 0.4) is 0 Å². The van der Waals surface area contributed by atoms with E-state index >= 15 is 0 Å². The van der Waals surface area contributed by atoms with Gasteiger partial charge in [0.2, 0.25) is 5.91 Å². The lowest BCUT2D eigenvalue weighted by Crippen LogP contribution is -2.49. The second-order valence-corrected chi connectivity index (χ2v) is 6.46. The van der Waals surface area contributed by atoms with Gasteiger partial charge in [-0.05, 0) is 42.3 Å². The summed E-state index contributed by atoms with van der Waals surface area (Å²) in [6.07, 6.45) is 0.433. The third-order valence-corrected chi connectivity index (χ3v) is 4.45. The number of hydrogen-bond donors (Lipinski definition) is 3. The van der Waals surface area contributed by atoms with E-state index in [1.54, 1.807) is 40.7 Å². The predicted molar refractivity (Wildman–Crippen MR) is 101 cm³/mol. The highest BCUT2D eigenvalue weighted by atomic mass is 16.5. The number of hydroxylamine groups is 1. The Morgan fingerprint density at radius 1 is 1.14 bits per heavy atom. The van der Waals surface area contributed by atoms with Crippen molar-refractivity contribution in [3.63, 3.8) is 0 Å². The molecule has 0 bridgehead atoms. The molecule has 1 saturated heterocycles. The van der Waals surface area contributed by atoms with E-state index in [-0.39, 0.29) is 11.5 Å². The summed E-state index contributed by atoms with van der Waals surface area (Å²) in [5, 5.41) is 8.71. The number of rotatable bonds is 6. The van der Waals surface area contributed by atoms with Gasteiger partial charge >= 0.3 is 0 Å². The van der Waals surface area contributed by atoms with Crippen molar-refractivity contribution in [1.29, 1.82) is 0 Å². The smallest absolute Gasteiger partial charge is 0.274 e. The standard InChI is InChI=1S/C20H23N3O5/c21-18(20(25)23-8-10-27-11-9-23)12-14-4-6-16(7-5-14)28-17-3-1-2-15(13-17)19(24)22-26/h1-7,13,18,26H,8-12,21H2,(H,22,24). The van der Waals surface area contributed by atoms with Crippen molar-refractivity contribution in [2.45, 2.75) is 12.5 Å². The average molecular weight is 385 g/mol. The summed E-state index contributed by atoms with van der Waals surface area (Å²) in [5.74, 6) is 0.369. The summed E-state index contributed by atoms with van der Waals surface area (Å²) >= 11 is 0. The summed E-state index contributed by atoms with van der Waals surface area (Å²) in [7, 11) is 0. The van der Waals surface area contributed by atoms with Crippen LogP contribution in [-0.2, 0) is 16.0 Å². The maximum Gasteiger partial charge on any atom is 0.274 e.